The van der Waals surface area contributed by atoms with Crippen molar-refractivity contribution in [1.29, 1.82) is 0 Å². The number of ether oxygens (including phenoxy) is 1. The topological polar surface area (TPSA) is 72.6 Å². The zero-order chi connectivity index (χ0) is 14.3. The van der Waals surface area contributed by atoms with Gasteiger partial charge < -0.3 is 10.5 Å². The van der Waals surface area contributed by atoms with Gasteiger partial charge in [0, 0.05) is 11.8 Å². The van der Waals surface area contributed by atoms with Crippen molar-refractivity contribution < 1.29 is 14.3 Å². The molecular weight excluding hydrogens is 256 g/mol. The normalized spacial score (nSPS) is 13.6. The zero-order valence-electron chi connectivity index (χ0n) is 10.8. The summed E-state index contributed by atoms with van der Waals surface area (Å²) in [5.41, 5.74) is 7.17. The van der Waals surface area contributed by atoms with Crippen LogP contribution < -0.4 is 15.4 Å². The smallest absolute Gasteiger partial charge is 0.268 e. The van der Waals surface area contributed by atoms with Crippen LogP contribution >= 0.6 is 0 Å². The summed E-state index contributed by atoms with van der Waals surface area (Å²) in [6.07, 6.45) is 0. The molecule has 2 amide bonds. The number of carbonyl (C=O) groups is 2. The highest BCUT2D eigenvalue weighted by Gasteiger charge is 2.38. The van der Waals surface area contributed by atoms with Crippen LogP contribution in [-0.2, 0) is 0 Å². The number of nitrogens with two attached hydrogens (primary N) is 1. The molecule has 5 nitrogen and oxygen atoms in total. The van der Waals surface area contributed by atoms with Crippen LogP contribution in [0.3, 0.4) is 0 Å². The second-order valence-corrected chi connectivity index (χ2v) is 4.42. The molecule has 1 heterocycles. The number of benzene rings is 2. The van der Waals surface area contributed by atoms with Gasteiger partial charge in [0.2, 0.25) is 0 Å². The van der Waals surface area contributed by atoms with Crippen LogP contribution in [0.2, 0.25) is 0 Å². The van der Waals surface area contributed by atoms with Gasteiger partial charge in [0.1, 0.15) is 5.75 Å². The summed E-state index contributed by atoms with van der Waals surface area (Å²) in [5.74, 6) is -0.200. The maximum absolute atomic E-state index is 12.4. The van der Waals surface area contributed by atoms with E-state index in [0.717, 1.165) is 4.90 Å². The van der Waals surface area contributed by atoms with Crippen LogP contribution in [0.25, 0.3) is 0 Å². The fourth-order valence-corrected chi connectivity index (χ4v) is 2.30. The molecule has 1 aliphatic heterocycles. The zero-order valence-corrected chi connectivity index (χ0v) is 10.8. The number of anilines is 2. The number of amides is 2. The molecule has 2 aromatic rings. The monoisotopic (exact) mass is 268 g/mol. The van der Waals surface area contributed by atoms with Gasteiger partial charge in [-0.15, -0.1) is 0 Å². The van der Waals surface area contributed by atoms with E-state index in [1.54, 1.807) is 42.5 Å². The average Bonchev–Trinajstić information content (AvgIpc) is 2.72. The first kappa shape index (κ1) is 12.2. The molecule has 0 saturated carbocycles. The Hall–Kier alpha value is -2.82. The van der Waals surface area contributed by atoms with Crippen LogP contribution in [0.15, 0.2) is 42.5 Å². The van der Waals surface area contributed by atoms with Crippen LogP contribution in [-0.4, -0.2) is 18.9 Å². The Morgan fingerprint density at radius 1 is 1.05 bits per heavy atom. The van der Waals surface area contributed by atoms with E-state index in [1.165, 1.54) is 7.11 Å². The van der Waals surface area contributed by atoms with E-state index in [0.29, 0.717) is 22.7 Å². The Balaban J connectivity index is 2.12. The van der Waals surface area contributed by atoms with Crippen molar-refractivity contribution in [1.82, 2.24) is 0 Å². The summed E-state index contributed by atoms with van der Waals surface area (Å²) < 4.78 is 5.11. The van der Waals surface area contributed by atoms with Gasteiger partial charge in [0.25, 0.3) is 11.8 Å². The molecule has 0 bridgehead atoms. The molecule has 3 rings (SSSR count). The van der Waals surface area contributed by atoms with Gasteiger partial charge in [-0.25, -0.2) is 4.90 Å². The number of carbonyl (C=O) groups excluding carboxylic acids is 2. The van der Waals surface area contributed by atoms with Crippen LogP contribution in [0, 0.1) is 0 Å². The van der Waals surface area contributed by atoms with Gasteiger partial charge in [-0.3, -0.25) is 9.59 Å². The molecule has 2 aromatic carbocycles. The summed E-state index contributed by atoms with van der Waals surface area (Å²) in [6.45, 7) is 0. The Morgan fingerprint density at radius 2 is 1.80 bits per heavy atom. The number of fused-ring (bicyclic) bond motifs is 1. The van der Waals surface area contributed by atoms with Crippen LogP contribution in [0.4, 0.5) is 11.4 Å². The minimum Gasteiger partial charge on any atom is -0.497 e. The number of methoxy groups -OCH3 is 1. The number of hydrogen-bond acceptors (Lipinski definition) is 4. The van der Waals surface area contributed by atoms with E-state index >= 15 is 0 Å². The van der Waals surface area contributed by atoms with Gasteiger partial charge in [-0.1, -0.05) is 12.1 Å². The van der Waals surface area contributed by atoms with E-state index in [1.807, 2.05) is 0 Å². The first-order valence-electron chi connectivity index (χ1n) is 6.05. The Morgan fingerprint density at radius 3 is 2.50 bits per heavy atom. The largest absolute Gasteiger partial charge is 0.497 e. The summed E-state index contributed by atoms with van der Waals surface area (Å²) >= 11 is 0. The fraction of sp³-hybridized carbons (Fsp3) is 0.0667. The van der Waals surface area contributed by atoms with E-state index in [4.69, 9.17) is 10.5 Å². The highest BCUT2D eigenvalue weighted by Crippen LogP contribution is 2.32. The molecular formula is C15H12N2O3. The van der Waals surface area contributed by atoms with Crippen molar-refractivity contribution in [2.45, 2.75) is 0 Å². The minimum atomic E-state index is -0.406. The Bertz CT molecular complexity index is 725. The molecule has 0 aliphatic carbocycles. The number of rotatable bonds is 2. The van der Waals surface area contributed by atoms with Gasteiger partial charge in [0.15, 0.2) is 0 Å². The summed E-state index contributed by atoms with van der Waals surface area (Å²) in [7, 11) is 1.53. The lowest BCUT2D eigenvalue weighted by atomic mass is 10.1. The Labute approximate surface area is 115 Å². The standard InChI is InChI=1S/C15H12N2O3/c1-20-10-5-2-4-9(8-10)17-14(18)11-6-3-7-12(16)13(11)15(17)19/h2-8H,16H2,1H3. The van der Waals surface area contributed by atoms with E-state index in [9.17, 15) is 9.59 Å². The fourth-order valence-electron chi connectivity index (χ4n) is 2.30. The predicted octanol–water partition coefficient (Wildman–Crippen LogP) is 2.08. The van der Waals surface area contributed by atoms with E-state index in [2.05, 4.69) is 0 Å². The highest BCUT2D eigenvalue weighted by molar-refractivity contribution is 6.35. The molecule has 20 heavy (non-hydrogen) atoms. The maximum atomic E-state index is 12.4. The highest BCUT2D eigenvalue weighted by atomic mass is 16.5. The minimum absolute atomic E-state index is 0.264. The summed E-state index contributed by atoms with van der Waals surface area (Å²) in [6, 6.07) is 11.7. The predicted molar refractivity (Wildman–Crippen MR) is 75.0 cm³/mol. The Kier molecular flexibility index (Phi) is 2.68. The third kappa shape index (κ3) is 1.64. The molecule has 0 aromatic heterocycles. The molecule has 2 N–H and O–H groups in total. The third-order valence-corrected chi connectivity index (χ3v) is 3.26. The van der Waals surface area contributed by atoms with Crippen molar-refractivity contribution in [2.24, 2.45) is 0 Å². The van der Waals surface area contributed by atoms with Crippen molar-refractivity contribution in [3.63, 3.8) is 0 Å². The molecule has 0 spiro atoms. The van der Waals surface area contributed by atoms with Gasteiger partial charge in [0.05, 0.1) is 23.9 Å². The SMILES string of the molecule is COc1cccc(N2C(=O)c3cccc(N)c3C2=O)c1. The number of nitrogen functional groups attached to an aromatic ring is 1. The lowest BCUT2D eigenvalue weighted by molar-refractivity contribution is 0.0926. The molecule has 0 fully saturated rings. The van der Waals surface area contributed by atoms with Gasteiger partial charge >= 0.3 is 0 Å². The molecule has 100 valence electrons. The lowest BCUT2D eigenvalue weighted by Gasteiger charge is -2.14. The van der Waals surface area contributed by atoms with Crippen molar-refractivity contribution in [3.8, 4) is 5.75 Å². The third-order valence-electron chi connectivity index (χ3n) is 3.26. The summed E-state index contributed by atoms with van der Waals surface area (Å²) in [4.78, 5) is 25.9. The summed E-state index contributed by atoms with van der Waals surface area (Å²) in [5, 5.41) is 0. The van der Waals surface area contributed by atoms with Crippen LogP contribution in [0.1, 0.15) is 20.7 Å². The van der Waals surface area contributed by atoms with Gasteiger partial charge in [-0.2, -0.15) is 0 Å². The van der Waals surface area contributed by atoms with Crippen molar-refractivity contribution in [3.05, 3.63) is 53.6 Å². The van der Waals surface area contributed by atoms with Crippen molar-refractivity contribution >= 4 is 23.2 Å². The number of nitrogens with zero attached hydrogens (tertiary/aromatic N) is 1. The van der Waals surface area contributed by atoms with Crippen molar-refractivity contribution in [2.75, 3.05) is 17.7 Å². The first-order valence-corrected chi connectivity index (χ1v) is 6.05. The average molecular weight is 268 g/mol. The molecule has 0 atom stereocenters. The molecule has 0 radical (unpaired) electrons. The first-order chi connectivity index (χ1) is 9.63. The van der Waals surface area contributed by atoms with Crippen LogP contribution in [0.5, 0.6) is 5.75 Å². The van der Waals surface area contributed by atoms with E-state index < -0.39 is 5.91 Å². The molecule has 1 aliphatic rings. The molecule has 0 unspecified atom stereocenters. The second-order valence-electron chi connectivity index (χ2n) is 4.42. The number of imide groups is 1. The number of hydrogen-bond donors (Lipinski definition) is 1. The molecule has 0 saturated heterocycles. The van der Waals surface area contributed by atoms with E-state index in [-0.39, 0.29) is 11.5 Å². The second kappa shape index (κ2) is 4.38. The maximum Gasteiger partial charge on any atom is 0.268 e. The lowest BCUT2D eigenvalue weighted by Crippen LogP contribution is -2.29. The molecule has 5 heteroatoms. The quantitative estimate of drug-likeness (QED) is 0.668. The van der Waals surface area contributed by atoms with Gasteiger partial charge in [-0.05, 0) is 24.3 Å².